The number of nitrogens with zero attached hydrogens (tertiary/aromatic N) is 1. The summed E-state index contributed by atoms with van der Waals surface area (Å²) in [7, 11) is 0. The minimum absolute atomic E-state index is 0.858. The molecule has 0 N–H and O–H groups in total. The van der Waals surface area contributed by atoms with Crippen LogP contribution in [0, 0.1) is 0 Å². The van der Waals surface area contributed by atoms with Crippen LogP contribution < -0.4 is 0 Å². The molecule has 0 unspecified atom stereocenters. The summed E-state index contributed by atoms with van der Waals surface area (Å²) in [6.07, 6.45) is 0. The van der Waals surface area contributed by atoms with E-state index in [2.05, 4.69) is 121 Å². The van der Waals surface area contributed by atoms with Gasteiger partial charge in [-0.1, -0.05) is 121 Å². The summed E-state index contributed by atoms with van der Waals surface area (Å²) in [6.45, 7) is 0. The summed E-state index contributed by atoms with van der Waals surface area (Å²) in [4.78, 5) is 5.22. The maximum absolute atomic E-state index is 6.56. The molecule has 3 aromatic heterocycles. The van der Waals surface area contributed by atoms with Crippen LogP contribution in [0.1, 0.15) is 0 Å². The average Bonchev–Trinajstić information content (AvgIpc) is 3.69. The molecular weight excluding hydrogens is 562 g/mol. The first kappa shape index (κ1) is 25.2. The van der Waals surface area contributed by atoms with Crippen molar-refractivity contribution < 1.29 is 8.83 Å². The van der Waals surface area contributed by atoms with Crippen LogP contribution >= 0.6 is 0 Å². The van der Waals surface area contributed by atoms with Crippen LogP contribution in [-0.4, -0.2) is 4.98 Å². The lowest BCUT2D eigenvalue weighted by Crippen LogP contribution is -1.93. The van der Waals surface area contributed by atoms with E-state index < -0.39 is 0 Å². The Morgan fingerprint density at radius 2 is 0.978 bits per heavy atom. The van der Waals surface area contributed by atoms with E-state index in [4.69, 9.17) is 13.8 Å². The smallest absolute Gasteiger partial charge is 0.136 e. The van der Waals surface area contributed by atoms with Crippen LogP contribution in [0.4, 0.5) is 0 Å². The fourth-order valence-electron chi connectivity index (χ4n) is 7.25. The number of pyridine rings is 1. The summed E-state index contributed by atoms with van der Waals surface area (Å²) in [5.74, 6) is 0. The van der Waals surface area contributed by atoms with Crippen molar-refractivity contribution in [2.24, 2.45) is 0 Å². The van der Waals surface area contributed by atoms with Gasteiger partial charge in [-0.3, -0.25) is 0 Å². The summed E-state index contributed by atoms with van der Waals surface area (Å²) < 4.78 is 12.8. The van der Waals surface area contributed by atoms with Crippen molar-refractivity contribution in [3.05, 3.63) is 152 Å². The molecule has 10 rings (SSSR count). The van der Waals surface area contributed by atoms with E-state index >= 15 is 0 Å². The number of benzene rings is 7. The van der Waals surface area contributed by atoms with Crippen LogP contribution in [0.25, 0.3) is 99.1 Å². The maximum Gasteiger partial charge on any atom is 0.136 e. The Bertz CT molecular complexity index is 2790. The van der Waals surface area contributed by atoms with Gasteiger partial charge >= 0.3 is 0 Å². The monoisotopic (exact) mass is 587 g/mol. The van der Waals surface area contributed by atoms with Gasteiger partial charge in [-0.25, -0.2) is 4.98 Å². The van der Waals surface area contributed by atoms with Gasteiger partial charge in [0.1, 0.15) is 22.3 Å². The molecule has 214 valence electrons. The molecule has 0 radical (unpaired) electrons. The number of hydrogen-bond acceptors (Lipinski definition) is 3. The second kappa shape index (κ2) is 9.65. The highest BCUT2D eigenvalue weighted by Crippen LogP contribution is 2.46. The normalized spacial score (nSPS) is 11.9. The Labute approximate surface area is 264 Å². The predicted molar refractivity (Wildman–Crippen MR) is 190 cm³/mol. The van der Waals surface area contributed by atoms with E-state index in [0.717, 1.165) is 93.7 Å². The van der Waals surface area contributed by atoms with Gasteiger partial charge in [0, 0.05) is 48.8 Å². The fraction of sp³-hybridized carbons (Fsp3) is 0. The highest BCUT2D eigenvalue weighted by atomic mass is 16.3. The molecule has 10 aromatic rings. The average molecular weight is 588 g/mol. The third-order valence-corrected chi connectivity index (χ3v) is 9.26. The lowest BCUT2D eigenvalue weighted by Gasteiger charge is -2.16. The van der Waals surface area contributed by atoms with Gasteiger partial charge in [-0.05, 0) is 47.0 Å². The first-order valence-corrected chi connectivity index (χ1v) is 15.5. The summed E-state index contributed by atoms with van der Waals surface area (Å²) in [5.41, 5.74) is 11.1. The number of fused-ring (bicyclic) bond motifs is 9. The van der Waals surface area contributed by atoms with Crippen molar-refractivity contribution in [1.82, 2.24) is 4.98 Å². The van der Waals surface area contributed by atoms with Crippen LogP contribution in [0.3, 0.4) is 0 Å². The number of rotatable bonds is 3. The third-order valence-electron chi connectivity index (χ3n) is 9.26. The standard InChI is InChI=1S/C43H25NO2/c1-2-11-28(12-3-1)43-33-25-38-42(32-15-6-9-19-36(32)46-38)39(41(33)30-13-4-7-17-34(30)44-43)27-23-21-26(22-24-27)29-16-10-20-37-40(29)31-14-5-8-18-35(31)45-37/h1-25H. The van der Waals surface area contributed by atoms with E-state index in [0.29, 0.717) is 0 Å². The molecule has 3 nitrogen and oxygen atoms in total. The molecule has 0 bridgehead atoms. The molecule has 46 heavy (non-hydrogen) atoms. The third kappa shape index (κ3) is 3.63. The zero-order valence-electron chi connectivity index (χ0n) is 24.7. The number of para-hydroxylation sites is 3. The quantitative estimate of drug-likeness (QED) is 0.193. The van der Waals surface area contributed by atoms with Gasteiger partial charge in [0.15, 0.2) is 0 Å². The SMILES string of the molecule is c1ccc(-c2nc3ccccc3c3c(-c4ccc(-c5cccc6oc7ccccc7c56)cc4)c4c(cc23)oc2ccccc24)cc1. The van der Waals surface area contributed by atoms with Crippen molar-refractivity contribution >= 4 is 65.6 Å². The van der Waals surface area contributed by atoms with Crippen LogP contribution in [0.15, 0.2) is 160 Å². The van der Waals surface area contributed by atoms with Crippen molar-refractivity contribution in [2.45, 2.75) is 0 Å². The first-order valence-electron chi connectivity index (χ1n) is 15.5. The molecular formula is C43H25NO2. The highest BCUT2D eigenvalue weighted by Gasteiger charge is 2.22. The molecule has 0 saturated heterocycles. The fourth-order valence-corrected chi connectivity index (χ4v) is 7.25. The van der Waals surface area contributed by atoms with Gasteiger partial charge in [-0.15, -0.1) is 0 Å². The van der Waals surface area contributed by atoms with Crippen molar-refractivity contribution in [2.75, 3.05) is 0 Å². The molecule has 3 heterocycles. The Balaban J connectivity index is 1.30. The maximum atomic E-state index is 6.56. The predicted octanol–water partition coefficient (Wildman–Crippen LogP) is 12.2. The number of aromatic nitrogens is 1. The largest absolute Gasteiger partial charge is 0.456 e. The highest BCUT2D eigenvalue weighted by molar-refractivity contribution is 6.27. The molecule has 3 heteroatoms. The molecule has 0 fully saturated rings. The lowest BCUT2D eigenvalue weighted by atomic mass is 9.88. The van der Waals surface area contributed by atoms with Crippen LogP contribution in [-0.2, 0) is 0 Å². The molecule has 7 aromatic carbocycles. The van der Waals surface area contributed by atoms with Crippen LogP contribution in [0.5, 0.6) is 0 Å². The molecule has 0 aliphatic rings. The molecule has 0 spiro atoms. The summed E-state index contributed by atoms with van der Waals surface area (Å²) >= 11 is 0. The van der Waals surface area contributed by atoms with E-state index in [1.807, 2.05) is 30.3 Å². The van der Waals surface area contributed by atoms with Gasteiger partial charge < -0.3 is 8.83 Å². The van der Waals surface area contributed by atoms with E-state index in [-0.39, 0.29) is 0 Å². The minimum Gasteiger partial charge on any atom is -0.456 e. The minimum atomic E-state index is 0.858. The second-order valence-electron chi connectivity index (χ2n) is 11.8. The molecule has 0 aliphatic carbocycles. The molecule has 0 saturated carbocycles. The summed E-state index contributed by atoms with van der Waals surface area (Å²) in [5, 5.41) is 7.88. The second-order valence-corrected chi connectivity index (χ2v) is 11.8. The van der Waals surface area contributed by atoms with Crippen LogP contribution in [0.2, 0.25) is 0 Å². The van der Waals surface area contributed by atoms with E-state index in [9.17, 15) is 0 Å². The van der Waals surface area contributed by atoms with E-state index in [1.165, 1.54) is 5.39 Å². The first-order chi connectivity index (χ1) is 22.8. The van der Waals surface area contributed by atoms with Gasteiger partial charge in [0.2, 0.25) is 0 Å². The van der Waals surface area contributed by atoms with Crippen molar-refractivity contribution in [1.29, 1.82) is 0 Å². The van der Waals surface area contributed by atoms with Crippen molar-refractivity contribution in [3.63, 3.8) is 0 Å². The van der Waals surface area contributed by atoms with Gasteiger partial charge in [0.25, 0.3) is 0 Å². The zero-order chi connectivity index (χ0) is 30.2. The molecule has 0 atom stereocenters. The van der Waals surface area contributed by atoms with Gasteiger partial charge in [-0.2, -0.15) is 0 Å². The zero-order valence-corrected chi connectivity index (χ0v) is 24.7. The lowest BCUT2D eigenvalue weighted by molar-refractivity contribution is 0.669. The van der Waals surface area contributed by atoms with E-state index in [1.54, 1.807) is 0 Å². The Morgan fingerprint density at radius 3 is 1.76 bits per heavy atom. The molecule has 0 amide bonds. The number of furan rings is 2. The Morgan fingerprint density at radius 1 is 0.370 bits per heavy atom. The topological polar surface area (TPSA) is 39.2 Å². The van der Waals surface area contributed by atoms with Crippen molar-refractivity contribution in [3.8, 4) is 33.5 Å². The Kier molecular flexibility index (Phi) is 5.28. The number of hydrogen-bond donors (Lipinski definition) is 0. The Hall–Kier alpha value is -6.19. The molecule has 0 aliphatic heterocycles. The van der Waals surface area contributed by atoms with Gasteiger partial charge in [0.05, 0.1) is 11.2 Å². The summed E-state index contributed by atoms with van der Waals surface area (Å²) in [6, 6.07) is 53.0.